The molecule has 0 atom stereocenters. The van der Waals surface area contributed by atoms with Crippen LogP contribution in [0.3, 0.4) is 0 Å². The number of rotatable bonds is 6. The van der Waals surface area contributed by atoms with Gasteiger partial charge in [0.1, 0.15) is 0 Å². The number of hydrogen-bond acceptors (Lipinski definition) is 5. The first-order chi connectivity index (χ1) is 10.7. The Labute approximate surface area is 131 Å². The summed E-state index contributed by atoms with van der Waals surface area (Å²) >= 11 is 0. The second kappa shape index (κ2) is 8.45. The van der Waals surface area contributed by atoms with Gasteiger partial charge in [-0.05, 0) is 12.1 Å². The normalized spacial score (nSPS) is 16.4. The molecule has 1 aliphatic heterocycles. The van der Waals surface area contributed by atoms with Crippen molar-refractivity contribution in [1.29, 1.82) is 0 Å². The number of methoxy groups -OCH3 is 2. The first kappa shape index (κ1) is 16.4. The van der Waals surface area contributed by atoms with Crippen molar-refractivity contribution in [3.63, 3.8) is 0 Å². The van der Waals surface area contributed by atoms with Gasteiger partial charge in [-0.15, -0.1) is 0 Å². The highest BCUT2D eigenvalue weighted by molar-refractivity contribution is 5.92. The standard InChI is InChI=1S/C15H24N4O3/c1-20-13-4-3-12(11-14(13)21-2)18-15(16)17-5-6-19-7-9-22-10-8-19/h3-4,11H,5-10H2,1-2H3,(H3,16,17,18). The van der Waals surface area contributed by atoms with E-state index in [-0.39, 0.29) is 0 Å². The Morgan fingerprint density at radius 1 is 1.27 bits per heavy atom. The smallest absolute Gasteiger partial charge is 0.193 e. The Kier molecular flexibility index (Phi) is 6.29. The third-order valence-electron chi connectivity index (χ3n) is 3.46. The summed E-state index contributed by atoms with van der Waals surface area (Å²) in [7, 11) is 3.20. The van der Waals surface area contributed by atoms with Crippen LogP contribution in [0.4, 0.5) is 5.69 Å². The van der Waals surface area contributed by atoms with Gasteiger partial charge in [0, 0.05) is 31.4 Å². The van der Waals surface area contributed by atoms with Crippen LogP contribution in [0.15, 0.2) is 23.2 Å². The van der Waals surface area contributed by atoms with Crippen molar-refractivity contribution < 1.29 is 14.2 Å². The highest BCUT2D eigenvalue weighted by Crippen LogP contribution is 2.29. The monoisotopic (exact) mass is 308 g/mol. The number of morpholine rings is 1. The van der Waals surface area contributed by atoms with Crippen molar-refractivity contribution >= 4 is 11.6 Å². The van der Waals surface area contributed by atoms with Crippen molar-refractivity contribution in [2.45, 2.75) is 0 Å². The molecular weight excluding hydrogens is 284 g/mol. The molecule has 0 amide bonds. The minimum absolute atomic E-state index is 0.389. The van der Waals surface area contributed by atoms with Crippen molar-refractivity contribution in [1.82, 2.24) is 4.90 Å². The van der Waals surface area contributed by atoms with E-state index in [1.807, 2.05) is 18.2 Å². The van der Waals surface area contributed by atoms with Crippen LogP contribution < -0.4 is 20.5 Å². The summed E-state index contributed by atoms with van der Waals surface area (Å²) in [4.78, 5) is 6.66. The van der Waals surface area contributed by atoms with Gasteiger partial charge in [0.25, 0.3) is 0 Å². The van der Waals surface area contributed by atoms with E-state index in [1.165, 1.54) is 0 Å². The van der Waals surface area contributed by atoms with Gasteiger partial charge >= 0.3 is 0 Å². The third-order valence-corrected chi connectivity index (χ3v) is 3.46. The van der Waals surface area contributed by atoms with Crippen LogP contribution >= 0.6 is 0 Å². The Morgan fingerprint density at radius 3 is 2.68 bits per heavy atom. The van der Waals surface area contributed by atoms with E-state index in [2.05, 4.69) is 15.2 Å². The lowest BCUT2D eigenvalue weighted by Crippen LogP contribution is -2.38. The topological polar surface area (TPSA) is 81.3 Å². The van der Waals surface area contributed by atoms with E-state index < -0.39 is 0 Å². The fraction of sp³-hybridized carbons (Fsp3) is 0.533. The first-order valence-corrected chi connectivity index (χ1v) is 7.32. The van der Waals surface area contributed by atoms with Crippen LogP contribution in [0.25, 0.3) is 0 Å². The number of nitrogens with one attached hydrogen (secondary N) is 1. The van der Waals surface area contributed by atoms with Crippen LogP contribution in [0.2, 0.25) is 0 Å². The second-order valence-electron chi connectivity index (χ2n) is 4.92. The maximum Gasteiger partial charge on any atom is 0.193 e. The molecule has 7 heteroatoms. The van der Waals surface area contributed by atoms with Crippen LogP contribution in [0.1, 0.15) is 0 Å². The maximum atomic E-state index is 5.91. The molecule has 1 heterocycles. The average Bonchev–Trinajstić information content (AvgIpc) is 2.55. The molecular formula is C15H24N4O3. The van der Waals surface area contributed by atoms with Gasteiger partial charge in [-0.2, -0.15) is 0 Å². The van der Waals surface area contributed by atoms with Gasteiger partial charge in [0.15, 0.2) is 17.5 Å². The van der Waals surface area contributed by atoms with E-state index in [0.29, 0.717) is 24.0 Å². The van der Waals surface area contributed by atoms with Crippen molar-refractivity contribution in [2.75, 3.05) is 58.9 Å². The number of nitrogens with zero attached hydrogens (tertiary/aromatic N) is 2. The Morgan fingerprint density at radius 2 is 2.00 bits per heavy atom. The highest BCUT2D eigenvalue weighted by atomic mass is 16.5. The quantitative estimate of drug-likeness (QED) is 0.596. The van der Waals surface area contributed by atoms with Gasteiger partial charge in [-0.1, -0.05) is 0 Å². The van der Waals surface area contributed by atoms with E-state index >= 15 is 0 Å². The first-order valence-electron chi connectivity index (χ1n) is 7.32. The minimum Gasteiger partial charge on any atom is -0.493 e. The Balaban J connectivity index is 1.85. The average molecular weight is 308 g/mol. The molecule has 22 heavy (non-hydrogen) atoms. The van der Waals surface area contributed by atoms with E-state index in [4.69, 9.17) is 19.9 Å². The summed E-state index contributed by atoms with van der Waals surface area (Å²) < 4.78 is 15.8. The molecule has 0 saturated carbocycles. The number of hydrogen-bond donors (Lipinski definition) is 2. The van der Waals surface area contributed by atoms with Gasteiger partial charge < -0.3 is 25.3 Å². The van der Waals surface area contributed by atoms with E-state index in [1.54, 1.807) is 14.2 Å². The number of ether oxygens (including phenoxy) is 3. The van der Waals surface area contributed by atoms with Gasteiger partial charge in [0.2, 0.25) is 0 Å². The van der Waals surface area contributed by atoms with Crippen LogP contribution in [0, 0.1) is 0 Å². The molecule has 0 unspecified atom stereocenters. The zero-order valence-corrected chi connectivity index (χ0v) is 13.2. The number of nitrogens with two attached hydrogens (primary N) is 1. The zero-order chi connectivity index (χ0) is 15.8. The van der Waals surface area contributed by atoms with Crippen LogP contribution in [0.5, 0.6) is 11.5 Å². The van der Waals surface area contributed by atoms with Crippen LogP contribution in [-0.4, -0.2) is 64.5 Å². The van der Waals surface area contributed by atoms with E-state index in [0.717, 1.165) is 38.5 Å². The summed E-state index contributed by atoms with van der Waals surface area (Å²) in [6.07, 6.45) is 0. The van der Waals surface area contributed by atoms with Crippen LogP contribution in [-0.2, 0) is 4.74 Å². The number of guanidine groups is 1. The molecule has 3 N–H and O–H groups in total. The SMILES string of the molecule is COc1ccc(NC(N)=NCCN2CCOCC2)cc1OC. The summed E-state index contributed by atoms with van der Waals surface area (Å²) in [6, 6.07) is 5.51. The number of aliphatic imine (C=N–C) groups is 1. The van der Waals surface area contributed by atoms with E-state index in [9.17, 15) is 0 Å². The summed E-state index contributed by atoms with van der Waals surface area (Å²) in [5.74, 6) is 1.71. The van der Waals surface area contributed by atoms with Crippen molar-refractivity contribution in [2.24, 2.45) is 10.7 Å². The molecule has 1 aromatic carbocycles. The summed E-state index contributed by atoms with van der Waals surface area (Å²) in [5.41, 5.74) is 6.72. The molecule has 0 aliphatic carbocycles. The number of anilines is 1. The summed E-state index contributed by atoms with van der Waals surface area (Å²) in [5, 5.41) is 3.05. The van der Waals surface area contributed by atoms with Crippen molar-refractivity contribution in [3.05, 3.63) is 18.2 Å². The fourth-order valence-corrected chi connectivity index (χ4v) is 2.24. The molecule has 2 rings (SSSR count). The Hall–Kier alpha value is -1.99. The highest BCUT2D eigenvalue weighted by Gasteiger charge is 2.09. The second-order valence-corrected chi connectivity index (χ2v) is 4.92. The fourth-order valence-electron chi connectivity index (χ4n) is 2.24. The predicted octanol–water partition coefficient (Wildman–Crippen LogP) is 0.763. The number of benzene rings is 1. The lowest BCUT2D eigenvalue weighted by atomic mass is 10.3. The molecule has 7 nitrogen and oxygen atoms in total. The Bertz CT molecular complexity index is 502. The molecule has 1 aliphatic rings. The van der Waals surface area contributed by atoms with Gasteiger partial charge in [-0.25, -0.2) is 0 Å². The minimum atomic E-state index is 0.389. The molecule has 0 spiro atoms. The lowest BCUT2D eigenvalue weighted by molar-refractivity contribution is 0.0394. The maximum absolute atomic E-state index is 5.91. The van der Waals surface area contributed by atoms with Crippen molar-refractivity contribution in [3.8, 4) is 11.5 Å². The molecule has 1 saturated heterocycles. The molecule has 0 radical (unpaired) electrons. The molecule has 0 aromatic heterocycles. The molecule has 122 valence electrons. The molecule has 0 bridgehead atoms. The summed E-state index contributed by atoms with van der Waals surface area (Å²) in [6.45, 7) is 5.05. The largest absolute Gasteiger partial charge is 0.493 e. The molecule has 1 aromatic rings. The predicted molar refractivity (Wildman–Crippen MR) is 86.9 cm³/mol. The third kappa shape index (κ3) is 4.78. The molecule has 1 fully saturated rings. The van der Waals surface area contributed by atoms with Gasteiger partial charge in [-0.3, -0.25) is 9.89 Å². The van der Waals surface area contributed by atoms with Gasteiger partial charge in [0.05, 0.1) is 34.0 Å². The lowest BCUT2D eigenvalue weighted by Gasteiger charge is -2.25. The zero-order valence-electron chi connectivity index (χ0n) is 13.2.